The first-order valence-corrected chi connectivity index (χ1v) is 5.37. The number of quaternary nitrogens is 1. The van der Waals surface area contributed by atoms with E-state index >= 15 is 0 Å². The van der Waals surface area contributed by atoms with Crippen LogP contribution in [0.3, 0.4) is 0 Å². The van der Waals surface area contributed by atoms with Gasteiger partial charge in [-0.1, -0.05) is 0 Å². The number of hydrogen-bond acceptors (Lipinski definition) is 2. The summed E-state index contributed by atoms with van der Waals surface area (Å²) in [7, 11) is 6.40. The van der Waals surface area contributed by atoms with Crippen LogP contribution in [-0.2, 0) is 4.74 Å². The summed E-state index contributed by atoms with van der Waals surface area (Å²) in [6.45, 7) is 7.29. The van der Waals surface area contributed by atoms with Crippen molar-refractivity contribution in [3.63, 3.8) is 0 Å². The summed E-state index contributed by atoms with van der Waals surface area (Å²) in [4.78, 5) is 11.2. The molecule has 4 nitrogen and oxygen atoms in total. The zero-order valence-corrected chi connectivity index (χ0v) is 10.9. The summed E-state index contributed by atoms with van der Waals surface area (Å²) in [5.41, 5.74) is -0.413. The van der Waals surface area contributed by atoms with E-state index in [1.54, 1.807) is 0 Å². The van der Waals surface area contributed by atoms with Crippen molar-refractivity contribution >= 4 is 6.09 Å². The molecule has 0 heterocycles. The highest BCUT2D eigenvalue weighted by Gasteiger charge is 2.15. The molecule has 0 spiro atoms. The third kappa shape index (κ3) is 11.2. The second-order valence-corrected chi connectivity index (χ2v) is 5.80. The third-order valence-electron chi connectivity index (χ3n) is 1.67. The van der Waals surface area contributed by atoms with Crippen LogP contribution in [0.4, 0.5) is 4.79 Å². The molecule has 0 atom stereocenters. The summed E-state index contributed by atoms with van der Waals surface area (Å²) in [6, 6.07) is 0. The third-order valence-corrected chi connectivity index (χ3v) is 1.67. The van der Waals surface area contributed by atoms with E-state index in [0.717, 1.165) is 17.4 Å². The van der Waals surface area contributed by atoms with Gasteiger partial charge in [0.2, 0.25) is 0 Å². The number of hydrogen-bond donors (Lipinski definition) is 1. The van der Waals surface area contributed by atoms with Gasteiger partial charge in [0, 0.05) is 13.0 Å². The van der Waals surface area contributed by atoms with Crippen LogP contribution >= 0.6 is 0 Å². The van der Waals surface area contributed by atoms with Crippen molar-refractivity contribution in [2.75, 3.05) is 34.2 Å². The summed E-state index contributed by atoms with van der Waals surface area (Å²) in [5.74, 6) is 0. The van der Waals surface area contributed by atoms with Crippen LogP contribution in [-0.4, -0.2) is 50.4 Å². The van der Waals surface area contributed by atoms with Gasteiger partial charge in [-0.15, -0.1) is 0 Å². The monoisotopic (exact) mass is 217 g/mol. The van der Waals surface area contributed by atoms with Crippen molar-refractivity contribution < 1.29 is 14.0 Å². The first kappa shape index (κ1) is 14.2. The van der Waals surface area contributed by atoms with Crippen LogP contribution < -0.4 is 5.32 Å². The molecule has 4 heteroatoms. The quantitative estimate of drug-likeness (QED) is 0.574. The lowest BCUT2D eigenvalue weighted by molar-refractivity contribution is -0.870. The van der Waals surface area contributed by atoms with Crippen LogP contribution in [0.1, 0.15) is 27.2 Å². The van der Waals surface area contributed by atoms with Crippen molar-refractivity contribution in [1.29, 1.82) is 0 Å². The Hall–Kier alpha value is -0.770. The maximum Gasteiger partial charge on any atom is 0.407 e. The maximum absolute atomic E-state index is 11.2. The van der Waals surface area contributed by atoms with Gasteiger partial charge in [0.15, 0.2) is 0 Å². The zero-order valence-electron chi connectivity index (χ0n) is 10.9. The van der Waals surface area contributed by atoms with Crippen LogP contribution in [0.5, 0.6) is 0 Å². The Morgan fingerprint density at radius 3 is 2.20 bits per heavy atom. The molecule has 1 N–H and O–H groups in total. The highest BCUT2D eigenvalue weighted by atomic mass is 16.6. The first-order chi connectivity index (χ1) is 6.60. The Morgan fingerprint density at radius 1 is 1.27 bits per heavy atom. The predicted octanol–water partition coefficient (Wildman–Crippen LogP) is 1.61. The lowest BCUT2D eigenvalue weighted by Crippen LogP contribution is -2.38. The molecule has 0 fully saturated rings. The highest BCUT2D eigenvalue weighted by Crippen LogP contribution is 2.06. The van der Waals surface area contributed by atoms with Gasteiger partial charge in [-0.2, -0.15) is 0 Å². The molecule has 0 aliphatic rings. The Kier molecular flexibility index (Phi) is 5.08. The Balaban J connectivity index is 3.57. The molecule has 0 saturated carbocycles. The van der Waals surface area contributed by atoms with E-state index < -0.39 is 5.60 Å². The molecule has 0 saturated heterocycles. The second kappa shape index (κ2) is 5.35. The van der Waals surface area contributed by atoms with Crippen LogP contribution in [0.15, 0.2) is 0 Å². The van der Waals surface area contributed by atoms with Crippen molar-refractivity contribution in [1.82, 2.24) is 5.32 Å². The van der Waals surface area contributed by atoms with Crippen molar-refractivity contribution in [3.8, 4) is 0 Å². The molecule has 1 amide bonds. The first-order valence-electron chi connectivity index (χ1n) is 5.37. The molecule has 0 aromatic rings. The van der Waals surface area contributed by atoms with Gasteiger partial charge < -0.3 is 14.5 Å². The van der Waals surface area contributed by atoms with Gasteiger partial charge in [-0.25, -0.2) is 4.79 Å². The van der Waals surface area contributed by atoms with Gasteiger partial charge in [0.25, 0.3) is 0 Å². The number of nitrogens with one attached hydrogen (secondary N) is 1. The number of amides is 1. The summed E-state index contributed by atoms with van der Waals surface area (Å²) in [6.07, 6.45) is 0.631. The highest BCUT2D eigenvalue weighted by molar-refractivity contribution is 5.67. The average molecular weight is 217 g/mol. The van der Waals surface area contributed by atoms with E-state index in [1.807, 2.05) is 20.8 Å². The number of alkyl carbamates (subject to hydrolysis) is 1. The molecule has 0 aliphatic heterocycles. The second-order valence-electron chi connectivity index (χ2n) is 5.80. The number of carbonyl (C=O) groups excluding carboxylic acids is 1. The van der Waals surface area contributed by atoms with Gasteiger partial charge >= 0.3 is 6.09 Å². The molecule has 0 rings (SSSR count). The van der Waals surface area contributed by atoms with Crippen LogP contribution in [0, 0.1) is 0 Å². The van der Waals surface area contributed by atoms with E-state index in [0.29, 0.717) is 6.54 Å². The molecule has 0 bridgehead atoms. The fourth-order valence-electron chi connectivity index (χ4n) is 1.06. The van der Waals surface area contributed by atoms with E-state index in [2.05, 4.69) is 26.5 Å². The molecule has 0 aromatic carbocycles. The smallest absolute Gasteiger partial charge is 0.407 e. The van der Waals surface area contributed by atoms with Crippen molar-refractivity contribution in [2.24, 2.45) is 0 Å². The summed E-state index contributed by atoms with van der Waals surface area (Å²) >= 11 is 0. The Labute approximate surface area is 93.2 Å². The summed E-state index contributed by atoms with van der Waals surface area (Å²) < 4.78 is 6.03. The fraction of sp³-hybridized carbons (Fsp3) is 0.909. The molecule has 15 heavy (non-hydrogen) atoms. The lowest BCUT2D eigenvalue weighted by Gasteiger charge is -2.24. The van der Waals surface area contributed by atoms with Crippen LogP contribution in [0.25, 0.3) is 0 Å². The normalized spacial score (nSPS) is 12.4. The minimum Gasteiger partial charge on any atom is -0.444 e. The predicted molar refractivity (Wildman–Crippen MR) is 61.8 cm³/mol. The van der Waals surface area contributed by atoms with Crippen molar-refractivity contribution in [3.05, 3.63) is 0 Å². The molecule has 90 valence electrons. The standard InChI is InChI=1S/C11H24N2O2/c1-11(2,3)15-10(14)12-8-7-9-13(4,5)6/h7-9H2,1-6H3/p+1. The Bertz CT molecular complexity index is 202. The van der Waals surface area contributed by atoms with Gasteiger partial charge in [-0.05, 0) is 20.8 Å². The fourth-order valence-corrected chi connectivity index (χ4v) is 1.06. The molecule has 0 aromatic heterocycles. The van der Waals surface area contributed by atoms with E-state index in [4.69, 9.17) is 4.74 Å². The van der Waals surface area contributed by atoms with Gasteiger partial charge in [-0.3, -0.25) is 0 Å². The maximum atomic E-state index is 11.2. The van der Waals surface area contributed by atoms with E-state index in [1.165, 1.54) is 0 Å². The molecular weight excluding hydrogens is 192 g/mol. The average Bonchev–Trinajstić information content (AvgIpc) is 1.92. The molecule has 0 radical (unpaired) electrons. The molecule has 0 aliphatic carbocycles. The Morgan fingerprint density at radius 2 is 1.80 bits per heavy atom. The largest absolute Gasteiger partial charge is 0.444 e. The van der Waals surface area contributed by atoms with Gasteiger partial charge in [0.1, 0.15) is 5.60 Å². The number of rotatable bonds is 4. The number of carbonyl (C=O) groups is 1. The number of nitrogens with zero attached hydrogens (tertiary/aromatic N) is 1. The van der Waals surface area contributed by atoms with E-state index in [-0.39, 0.29) is 6.09 Å². The zero-order chi connectivity index (χ0) is 12.1. The molecule has 0 unspecified atom stereocenters. The minimum atomic E-state index is -0.413. The van der Waals surface area contributed by atoms with E-state index in [9.17, 15) is 4.79 Å². The minimum absolute atomic E-state index is 0.330. The number of ether oxygens (including phenoxy) is 1. The lowest BCUT2D eigenvalue weighted by atomic mass is 10.2. The van der Waals surface area contributed by atoms with Gasteiger partial charge in [0.05, 0.1) is 27.7 Å². The SMILES string of the molecule is CC(C)(C)OC(=O)NCCC[N+](C)(C)C. The topological polar surface area (TPSA) is 38.3 Å². The van der Waals surface area contributed by atoms with Crippen LogP contribution in [0.2, 0.25) is 0 Å². The molecular formula is C11H25N2O2+. The van der Waals surface area contributed by atoms with Crippen molar-refractivity contribution in [2.45, 2.75) is 32.8 Å². The summed E-state index contributed by atoms with van der Waals surface area (Å²) in [5, 5.41) is 2.74.